The molecule has 1 rings (SSSR count). The number of carboxylic acids is 1. The van der Waals surface area contributed by atoms with Crippen LogP contribution in [0.2, 0.25) is 5.02 Å². The lowest BCUT2D eigenvalue weighted by molar-refractivity contribution is -0.139. The molecule has 1 aromatic rings. The van der Waals surface area contributed by atoms with E-state index in [9.17, 15) is 9.90 Å². The molecule has 0 amide bonds. The van der Waals surface area contributed by atoms with Crippen LogP contribution in [0.25, 0.3) is 0 Å². The van der Waals surface area contributed by atoms with E-state index < -0.39 is 12.0 Å². The minimum absolute atomic E-state index is 0.355. The molecule has 0 saturated heterocycles. The van der Waals surface area contributed by atoms with Crippen LogP contribution in [0.5, 0.6) is 11.5 Å². The van der Waals surface area contributed by atoms with Crippen LogP contribution in [0, 0.1) is 0 Å². The number of ether oxygens (including phenoxy) is 2. The molecule has 0 aliphatic heterocycles. The molecule has 0 bridgehead atoms. The number of aliphatic carboxylic acids is 1. The Morgan fingerprint density at radius 3 is 2.73 bits per heavy atom. The molecule has 1 atom stereocenters. The quantitative estimate of drug-likeness (QED) is 0.678. The van der Waals surface area contributed by atoms with E-state index in [2.05, 4.69) is 5.32 Å². The lowest BCUT2D eigenvalue weighted by atomic mass is 10.1. The Morgan fingerprint density at radius 2 is 2.18 bits per heavy atom. The highest BCUT2D eigenvalue weighted by Gasteiger charge is 2.17. The number of carboxylic acid groups (broad SMARTS) is 1. The first-order valence-electron chi connectivity index (χ1n) is 6.97. The van der Waals surface area contributed by atoms with Gasteiger partial charge < -0.3 is 19.9 Å². The molecule has 124 valence electrons. The Hall–Kier alpha value is -1.11. The Labute approximate surface area is 140 Å². The van der Waals surface area contributed by atoms with Gasteiger partial charge in [0, 0.05) is 17.6 Å². The number of benzene rings is 1. The van der Waals surface area contributed by atoms with Gasteiger partial charge in [0.05, 0.1) is 13.7 Å². The predicted octanol–water partition coefficient (Wildman–Crippen LogP) is 3.04. The monoisotopic (exact) mass is 347 g/mol. The van der Waals surface area contributed by atoms with Crippen molar-refractivity contribution in [2.75, 3.05) is 25.7 Å². The van der Waals surface area contributed by atoms with Gasteiger partial charge in [-0.15, -0.1) is 0 Å². The number of nitrogens with one attached hydrogen (secondary N) is 1. The van der Waals surface area contributed by atoms with Crippen LogP contribution in [0.3, 0.4) is 0 Å². The zero-order valence-corrected chi connectivity index (χ0v) is 14.6. The average Bonchev–Trinajstić information content (AvgIpc) is 2.49. The van der Waals surface area contributed by atoms with Crippen molar-refractivity contribution in [1.29, 1.82) is 0 Å². The largest absolute Gasteiger partial charge is 0.493 e. The third kappa shape index (κ3) is 5.59. The van der Waals surface area contributed by atoms with Crippen molar-refractivity contribution in [2.24, 2.45) is 0 Å². The molecule has 5 nitrogen and oxygen atoms in total. The molecule has 0 fully saturated rings. The fourth-order valence-electron chi connectivity index (χ4n) is 1.92. The molecule has 7 heteroatoms. The number of hydrogen-bond acceptors (Lipinski definition) is 5. The number of thioether (sulfide) groups is 1. The molecule has 0 heterocycles. The predicted molar refractivity (Wildman–Crippen MR) is 90.4 cm³/mol. The third-order valence-corrected chi connectivity index (χ3v) is 4.08. The first-order valence-corrected chi connectivity index (χ1v) is 8.75. The van der Waals surface area contributed by atoms with Crippen molar-refractivity contribution in [1.82, 2.24) is 5.32 Å². The van der Waals surface area contributed by atoms with Crippen molar-refractivity contribution in [2.45, 2.75) is 25.9 Å². The standard InChI is InChI=1S/C15H22ClNO4S/c1-4-21-14-7-10(11(16)8-13(14)20-2)9-17-12(15(18)19)5-6-22-3/h7-8,12,17H,4-6,9H2,1-3H3,(H,18,19). The fraction of sp³-hybridized carbons (Fsp3) is 0.533. The van der Waals surface area contributed by atoms with E-state index in [1.807, 2.05) is 13.2 Å². The number of methoxy groups -OCH3 is 1. The Kier molecular flexibility index (Phi) is 8.45. The highest BCUT2D eigenvalue weighted by atomic mass is 35.5. The fourth-order valence-corrected chi connectivity index (χ4v) is 2.61. The van der Waals surface area contributed by atoms with Gasteiger partial charge in [-0.2, -0.15) is 11.8 Å². The maximum Gasteiger partial charge on any atom is 0.320 e. The Bertz CT molecular complexity index is 499. The Balaban J connectivity index is 2.83. The van der Waals surface area contributed by atoms with Crippen molar-refractivity contribution in [3.8, 4) is 11.5 Å². The second kappa shape index (κ2) is 9.82. The molecule has 0 spiro atoms. The molecule has 0 aromatic heterocycles. The summed E-state index contributed by atoms with van der Waals surface area (Å²) in [6.45, 7) is 2.75. The van der Waals surface area contributed by atoms with Crippen LogP contribution in [-0.4, -0.2) is 42.8 Å². The van der Waals surface area contributed by atoms with Gasteiger partial charge >= 0.3 is 5.97 Å². The number of carbonyl (C=O) groups is 1. The summed E-state index contributed by atoms with van der Waals surface area (Å²) in [7, 11) is 1.55. The van der Waals surface area contributed by atoms with Crippen molar-refractivity contribution >= 4 is 29.3 Å². The van der Waals surface area contributed by atoms with E-state index in [1.165, 1.54) is 0 Å². The highest BCUT2D eigenvalue weighted by Crippen LogP contribution is 2.33. The lowest BCUT2D eigenvalue weighted by Crippen LogP contribution is -2.36. The van der Waals surface area contributed by atoms with Crippen molar-refractivity contribution in [3.63, 3.8) is 0 Å². The van der Waals surface area contributed by atoms with Gasteiger partial charge in [-0.05, 0) is 37.0 Å². The molecule has 2 N–H and O–H groups in total. The van der Waals surface area contributed by atoms with E-state index >= 15 is 0 Å². The maximum absolute atomic E-state index is 11.2. The van der Waals surface area contributed by atoms with Crippen LogP contribution < -0.4 is 14.8 Å². The van der Waals surface area contributed by atoms with Gasteiger partial charge in [0.2, 0.25) is 0 Å². The summed E-state index contributed by atoms with van der Waals surface area (Å²) in [5.41, 5.74) is 0.779. The third-order valence-electron chi connectivity index (χ3n) is 3.08. The number of rotatable bonds is 10. The summed E-state index contributed by atoms with van der Waals surface area (Å²) in [6.07, 6.45) is 2.51. The van der Waals surface area contributed by atoms with Crippen molar-refractivity contribution < 1.29 is 19.4 Å². The van der Waals surface area contributed by atoms with Crippen LogP contribution in [-0.2, 0) is 11.3 Å². The molecule has 0 saturated carbocycles. The SMILES string of the molecule is CCOc1cc(CNC(CCSC)C(=O)O)c(Cl)cc1OC. The molecule has 0 radical (unpaired) electrons. The van der Waals surface area contributed by atoms with Gasteiger partial charge in [-0.25, -0.2) is 0 Å². The molecule has 0 aliphatic rings. The van der Waals surface area contributed by atoms with Crippen LogP contribution >= 0.6 is 23.4 Å². The van der Waals surface area contributed by atoms with Gasteiger partial charge in [-0.1, -0.05) is 11.6 Å². The first kappa shape index (κ1) is 18.9. The lowest BCUT2D eigenvalue weighted by Gasteiger charge is -2.16. The first-order chi connectivity index (χ1) is 10.5. The van der Waals surface area contributed by atoms with Gasteiger partial charge in [-0.3, -0.25) is 4.79 Å². The van der Waals surface area contributed by atoms with Crippen LogP contribution in [0.15, 0.2) is 12.1 Å². The smallest absolute Gasteiger partial charge is 0.320 e. The van der Waals surface area contributed by atoms with Gasteiger partial charge in [0.1, 0.15) is 6.04 Å². The zero-order chi connectivity index (χ0) is 16.5. The summed E-state index contributed by atoms with van der Waals surface area (Å²) in [6, 6.07) is 2.87. The normalized spacial score (nSPS) is 12.0. The Morgan fingerprint density at radius 1 is 1.45 bits per heavy atom. The molecule has 0 aliphatic carbocycles. The average molecular weight is 348 g/mol. The van der Waals surface area contributed by atoms with E-state index in [-0.39, 0.29) is 0 Å². The van der Waals surface area contributed by atoms with Crippen LogP contribution in [0.4, 0.5) is 0 Å². The van der Waals surface area contributed by atoms with Gasteiger partial charge in [0.15, 0.2) is 11.5 Å². The summed E-state index contributed by atoms with van der Waals surface area (Å²) >= 11 is 7.84. The van der Waals surface area contributed by atoms with Crippen molar-refractivity contribution in [3.05, 3.63) is 22.7 Å². The number of hydrogen-bond donors (Lipinski definition) is 2. The second-order valence-corrected chi connectivity index (χ2v) is 5.97. The minimum atomic E-state index is -0.858. The highest BCUT2D eigenvalue weighted by molar-refractivity contribution is 7.98. The second-order valence-electron chi connectivity index (χ2n) is 4.58. The maximum atomic E-state index is 11.2. The van der Waals surface area contributed by atoms with E-state index in [1.54, 1.807) is 31.0 Å². The molecular weight excluding hydrogens is 326 g/mol. The topological polar surface area (TPSA) is 67.8 Å². The molecule has 22 heavy (non-hydrogen) atoms. The minimum Gasteiger partial charge on any atom is -0.493 e. The van der Waals surface area contributed by atoms with E-state index in [0.717, 1.165) is 11.3 Å². The van der Waals surface area contributed by atoms with Crippen LogP contribution in [0.1, 0.15) is 18.9 Å². The van der Waals surface area contributed by atoms with Gasteiger partial charge in [0.25, 0.3) is 0 Å². The summed E-state index contributed by atoms with van der Waals surface area (Å²) in [5.74, 6) is 1.09. The summed E-state index contributed by atoms with van der Waals surface area (Å²) < 4.78 is 10.7. The molecule has 1 unspecified atom stereocenters. The number of halogens is 1. The van der Waals surface area contributed by atoms with E-state index in [4.69, 9.17) is 21.1 Å². The van der Waals surface area contributed by atoms with E-state index in [0.29, 0.717) is 36.1 Å². The summed E-state index contributed by atoms with van der Waals surface area (Å²) in [4.78, 5) is 11.2. The molecular formula is C15H22ClNO4S. The summed E-state index contributed by atoms with van der Waals surface area (Å²) in [5, 5.41) is 12.8. The zero-order valence-electron chi connectivity index (χ0n) is 13.0. The molecule has 1 aromatic carbocycles.